The maximum atomic E-state index is 13.2. The van der Waals surface area contributed by atoms with E-state index in [-0.39, 0.29) is 23.9 Å². The number of halogens is 4. The maximum Gasteiger partial charge on any atom is 0.417 e. The number of carbonyl (C=O) groups excluding carboxylic acids is 1. The second kappa shape index (κ2) is 8.06. The van der Waals surface area contributed by atoms with E-state index in [1.54, 1.807) is 0 Å². The van der Waals surface area contributed by atoms with Crippen molar-refractivity contribution in [3.63, 3.8) is 0 Å². The van der Waals surface area contributed by atoms with Crippen LogP contribution >= 0.6 is 11.6 Å². The van der Waals surface area contributed by atoms with E-state index < -0.39 is 22.7 Å². The van der Waals surface area contributed by atoms with Gasteiger partial charge < -0.3 is 9.47 Å². The summed E-state index contributed by atoms with van der Waals surface area (Å²) >= 11 is 6.01. The number of benzene rings is 1. The van der Waals surface area contributed by atoms with E-state index in [1.807, 2.05) is 4.57 Å². The van der Waals surface area contributed by atoms with Gasteiger partial charge in [-0.2, -0.15) is 13.2 Å². The molecule has 2 aromatic rings. The Bertz CT molecular complexity index is 977. The van der Waals surface area contributed by atoms with Crippen molar-refractivity contribution in [1.29, 1.82) is 0 Å². The minimum atomic E-state index is -4.57. The molecule has 2 aliphatic rings. The lowest BCUT2D eigenvalue weighted by Gasteiger charge is -2.31. The highest BCUT2D eigenvalue weighted by Gasteiger charge is 2.36. The van der Waals surface area contributed by atoms with Crippen LogP contribution in [0.2, 0.25) is 5.02 Å². The largest absolute Gasteiger partial charge is 0.417 e. The van der Waals surface area contributed by atoms with Crippen molar-refractivity contribution in [2.45, 2.75) is 63.7 Å². The number of alkyl halides is 3. The number of carbonyl (C=O) groups is 1. The lowest BCUT2D eigenvalue weighted by atomic mass is 9.99. The Morgan fingerprint density at radius 1 is 1.13 bits per heavy atom. The number of aromatic nitrogens is 3. The van der Waals surface area contributed by atoms with Crippen molar-refractivity contribution in [1.82, 2.24) is 19.7 Å². The number of fused-ring (bicyclic) bond motifs is 1. The molecule has 0 saturated heterocycles. The summed E-state index contributed by atoms with van der Waals surface area (Å²) in [6.07, 6.45) is 2.13. The van der Waals surface area contributed by atoms with Crippen LogP contribution in [0.4, 0.5) is 13.2 Å². The number of rotatable bonds is 3. The predicted molar refractivity (Wildman–Crippen MR) is 106 cm³/mol. The first-order chi connectivity index (χ1) is 14.3. The summed E-state index contributed by atoms with van der Waals surface area (Å²) in [5, 5.41) is 8.01. The molecule has 0 atom stereocenters. The second-order valence-corrected chi connectivity index (χ2v) is 8.27. The lowest BCUT2D eigenvalue weighted by molar-refractivity contribution is -0.137. The summed E-state index contributed by atoms with van der Waals surface area (Å²) in [6, 6.07) is 3.69. The zero-order valence-corrected chi connectivity index (χ0v) is 17.1. The van der Waals surface area contributed by atoms with Crippen molar-refractivity contribution in [3.8, 4) is 0 Å². The Kier molecular flexibility index (Phi) is 5.61. The van der Waals surface area contributed by atoms with Gasteiger partial charge in [0.25, 0.3) is 5.91 Å². The molecular weight excluding hydrogens is 417 g/mol. The van der Waals surface area contributed by atoms with Crippen molar-refractivity contribution < 1.29 is 18.0 Å². The van der Waals surface area contributed by atoms with Crippen LogP contribution in [0.25, 0.3) is 0 Å². The van der Waals surface area contributed by atoms with Crippen LogP contribution in [0.3, 0.4) is 0 Å². The molecule has 0 bridgehead atoms. The number of allylic oxidation sites excluding steroid dienone is 1. The third-order valence-electron chi connectivity index (χ3n) is 5.87. The smallest absolute Gasteiger partial charge is 0.304 e. The molecule has 1 amide bonds. The number of nitrogens with zero attached hydrogens (tertiary/aromatic N) is 4. The SMILES string of the molecule is C=C1Cn2c(nnc2C2CCCCCC2)C(=O)N1Cc1cccc(C(F)(F)F)c1Cl. The van der Waals surface area contributed by atoms with Crippen molar-refractivity contribution in [2.75, 3.05) is 0 Å². The van der Waals surface area contributed by atoms with E-state index in [4.69, 9.17) is 11.6 Å². The van der Waals surface area contributed by atoms with Gasteiger partial charge in [0.2, 0.25) is 5.82 Å². The zero-order chi connectivity index (χ0) is 21.5. The first-order valence-corrected chi connectivity index (χ1v) is 10.4. The van der Waals surface area contributed by atoms with Gasteiger partial charge in [0.05, 0.1) is 23.7 Å². The fourth-order valence-electron chi connectivity index (χ4n) is 4.28. The summed E-state index contributed by atoms with van der Waals surface area (Å²) in [5.74, 6) is 0.841. The summed E-state index contributed by atoms with van der Waals surface area (Å²) in [6.45, 7) is 4.21. The maximum absolute atomic E-state index is 13.2. The van der Waals surface area contributed by atoms with Crippen molar-refractivity contribution in [2.24, 2.45) is 0 Å². The van der Waals surface area contributed by atoms with Crippen LogP contribution in [-0.4, -0.2) is 25.6 Å². The van der Waals surface area contributed by atoms with Gasteiger partial charge in [-0.25, -0.2) is 0 Å². The molecule has 0 spiro atoms. The topological polar surface area (TPSA) is 51.0 Å². The van der Waals surface area contributed by atoms with Crippen LogP contribution in [0.5, 0.6) is 0 Å². The Balaban J connectivity index is 1.61. The van der Waals surface area contributed by atoms with Gasteiger partial charge in [0.1, 0.15) is 5.82 Å². The molecule has 1 fully saturated rings. The molecular formula is C21H22ClF3N4O. The highest BCUT2D eigenvalue weighted by Crippen LogP contribution is 2.38. The van der Waals surface area contributed by atoms with Gasteiger partial charge in [-0.05, 0) is 24.5 Å². The summed E-state index contributed by atoms with van der Waals surface area (Å²) < 4.78 is 41.3. The van der Waals surface area contributed by atoms with Gasteiger partial charge >= 0.3 is 6.18 Å². The lowest BCUT2D eigenvalue weighted by Crippen LogP contribution is -2.38. The quantitative estimate of drug-likeness (QED) is 0.590. The molecule has 1 aromatic heterocycles. The number of hydrogen-bond donors (Lipinski definition) is 0. The highest BCUT2D eigenvalue weighted by atomic mass is 35.5. The third kappa shape index (κ3) is 3.85. The van der Waals surface area contributed by atoms with Crippen LogP contribution in [0.15, 0.2) is 30.5 Å². The molecule has 2 heterocycles. The van der Waals surface area contributed by atoms with E-state index in [0.717, 1.165) is 37.6 Å². The summed E-state index contributed by atoms with van der Waals surface area (Å²) in [5.41, 5.74) is -0.232. The average Bonchev–Trinajstić information content (AvgIpc) is 2.92. The Hall–Kier alpha value is -2.35. The third-order valence-corrected chi connectivity index (χ3v) is 6.32. The fourth-order valence-corrected chi connectivity index (χ4v) is 4.57. The van der Waals surface area contributed by atoms with Crippen LogP contribution < -0.4 is 0 Å². The normalized spacial score (nSPS) is 18.5. The molecule has 5 nitrogen and oxygen atoms in total. The predicted octanol–water partition coefficient (Wildman–Crippen LogP) is 5.56. The van der Waals surface area contributed by atoms with Crippen LogP contribution in [0, 0.1) is 0 Å². The first kappa shape index (κ1) is 20.9. The van der Waals surface area contributed by atoms with Gasteiger partial charge in [0.15, 0.2) is 0 Å². The zero-order valence-electron chi connectivity index (χ0n) is 16.4. The number of amides is 1. The number of hydrogen-bond acceptors (Lipinski definition) is 3. The van der Waals surface area contributed by atoms with Gasteiger partial charge in [0, 0.05) is 11.6 Å². The Labute approximate surface area is 177 Å². The molecule has 0 unspecified atom stereocenters. The fraction of sp³-hybridized carbons (Fsp3) is 0.476. The molecule has 1 aromatic carbocycles. The molecule has 4 rings (SSSR count). The highest BCUT2D eigenvalue weighted by molar-refractivity contribution is 6.32. The van der Waals surface area contributed by atoms with E-state index >= 15 is 0 Å². The minimum absolute atomic E-state index is 0.105. The van der Waals surface area contributed by atoms with E-state index in [1.165, 1.54) is 29.9 Å². The molecule has 1 saturated carbocycles. The summed E-state index contributed by atoms with van der Waals surface area (Å²) in [4.78, 5) is 14.4. The summed E-state index contributed by atoms with van der Waals surface area (Å²) in [7, 11) is 0. The van der Waals surface area contributed by atoms with E-state index in [0.29, 0.717) is 12.2 Å². The Morgan fingerprint density at radius 2 is 1.83 bits per heavy atom. The average molecular weight is 439 g/mol. The molecule has 0 radical (unpaired) electrons. The van der Waals surface area contributed by atoms with E-state index in [9.17, 15) is 18.0 Å². The van der Waals surface area contributed by atoms with Gasteiger partial charge in [-0.3, -0.25) is 4.79 Å². The second-order valence-electron chi connectivity index (χ2n) is 7.89. The molecule has 0 N–H and O–H groups in total. The molecule has 30 heavy (non-hydrogen) atoms. The monoisotopic (exact) mass is 438 g/mol. The molecule has 9 heteroatoms. The molecule has 160 valence electrons. The minimum Gasteiger partial charge on any atom is -0.304 e. The van der Waals surface area contributed by atoms with Crippen LogP contribution in [-0.2, 0) is 19.3 Å². The van der Waals surface area contributed by atoms with Crippen molar-refractivity contribution >= 4 is 17.5 Å². The molecule has 1 aliphatic heterocycles. The van der Waals surface area contributed by atoms with Crippen LogP contribution in [0.1, 0.15) is 72.0 Å². The standard InChI is InChI=1S/C21H22ClF3N4O/c1-13-11-29-18(14-7-4-2-3-5-8-14)26-27-19(29)20(30)28(13)12-15-9-6-10-16(17(15)22)21(23,24)25/h6,9-10,14H,1-5,7-8,11-12H2. The van der Waals surface area contributed by atoms with Gasteiger partial charge in [-0.15, -0.1) is 10.2 Å². The molecule has 1 aliphatic carbocycles. The first-order valence-electron chi connectivity index (χ1n) is 10.0. The van der Waals surface area contributed by atoms with Crippen molar-refractivity contribution in [3.05, 3.63) is 58.3 Å². The van der Waals surface area contributed by atoms with E-state index in [2.05, 4.69) is 16.8 Å². The Morgan fingerprint density at radius 3 is 2.50 bits per heavy atom. The van der Waals surface area contributed by atoms with Gasteiger partial charge in [-0.1, -0.05) is 56.0 Å².